The summed E-state index contributed by atoms with van der Waals surface area (Å²) in [5.41, 5.74) is 0. The van der Waals surface area contributed by atoms with Crippen LogP contribution in [0.1, 0.15) is 0 Å². The Balaban J connectivity index is 1.98. The molecule has 1 N–H and O–H groups in total. The molecule has 0 spiro atoms. The molecule has 0 amide bonds. The van der Waals surface area contributed by atoms with Crippen molar-refractivity contribution < 1.29 is 13.2 Å². The van der Waals surface area contributed by atoms with Crippen molar-refractivity contribution in [2.75, 3.05) is 26.0 Å². The molecule has 1 aromatic rings. The summed E-state index contributed by atoms with van der Waals surface area (Å²) in [5, 5.41) is 3.09. The average Bonchev–Trinajstić information content (AvgIpc) is 2.78. The lowest BCUT2D eigenvalue weighted by Crippen LogP contribution is -2.24. The maximum Gasteiger partial charge on any atom is 0.175 e. The Hall–Kier alpha value is -1.56. The highest BCUT2D eigenvalue weighted by Gasteiger charge is 2.08. The molecule has 0 aromatic heterocycles. The summed E-state index contributed by atoms with van der Waals surface area (Å²) in [6.07, 6.45) is 1.18. The molecule has 1 heterocycles. The SMILES string of the molecule is CS(=O)(=O)c1ccc(OCC2=NCCN2)cc1. The van der Waals surface area contributed by atoms with E-state index in [9.17, 15) is 8.42 Å². The van der Waals surface area contributed by atoms with Gasteiger partial charge in [-0.1, -0.05) is 0 Å². The van der Waals surface area contributed by atoms with E-state index < -0.39 is 9.84 Å². The third-order valence-corrected chi connectivity index (χ3v) is 3.50. The molecule has 2 rings (SSSR count). The molecule has 92 valence electrons. The molecular weight excluding hydrogens is 240 g/mol. The van der Waals surface area contributed by atoms with Crippen LogP contribution in [0.4, 0.5) is 0 Å². The molecule has 1 aromatic carbocycles. The first-order valence-electron chi connectivity index (χ1n) is 5.26. The summed E-state index contributed by atoms with van der Waals surface area (Å²) in [6, 6.07) is 6.36. The Kier molecular flexibility index (Phi) is 3.33. The second kappa shape index (κ2) is 4.75. The Morgan fingerprint density at radius 2 is 2.06 bits per heavy atom. The van der Waals surface area contributed by atoms with E-state index in [1.54, 1.807) is 12.1 Å². The zero-order valence-corrected chi connectivity index (χ0v) is 10.3. The van der Waals surface area contributed by atoms with E-state index in [4.69, 9.17) is 4.74 Å². The van der Waals surface area contributed by atoms with E-state index in [1.807, 2.05) is 0 Å². The van der Waals surface area contributed by atoms with Crippen LogP contribution < -0.4 is 10.1 Å². The number of amidine groups is 1. The molecule has 6 heteroatoms. The fraction of sp³-hybridized carbons (Fsp3) is 0.364. The van der Waals surface area contributed by atoms with Gasteiger partial charge in [0.1, 0.15) is 18.2 Å². The molecule has 0 unspecified atom stereocenters. The van der Waals surface area contributed by atoms with Gasteiger partial charge in [-0.3, -0.25) is 4.99 Å². The Bertz CT molecular complexity index is 520. The molecule has 1 aliphatic heterocycles. The molecule has 0 saturated carbocycles. The first-order valence-corrected chi connectivity index (χ1v) is 7.15. The van der Waals surface area contributed by atoms with Crippen molar-refractivity contribution in [2.24, 2.45) is 4.99 Å². The van der Waals surface area contributed by atoms with Crippen molar-refractivity contribution >= 4 is 15.7 Å². The van der Waals surface area contributed by atoms with Gasteiger partial charge in [0.05, 0.1) is 11.4 Å². The smallest absolute Gasteiger partial charge is 0.175 e. The predicted molar refractivity (Wildman–Crippen MR) is 65.4 cm³/mol. The normalized spacial score (nSPS) is 15.2. The number of hydrogen-bond acceptors (Lipinski definition) is 5. The largest absolute Gasteiger partial charge is 0.486 e. The second-order valence-electron chi connectivity index (χ2n) is 3.79. The molecule has 0 aliphatic carbocycles. The standard InChI is InChI=1S/C11H14N2O3S/c1-17(14,15)10-4-2-9(3-5-10)16-8-11-12-6-7-13-11/h2-5H,6-8H2,1H3,(H,12,13). The average molecular weight is 254 g/mol. The van der Waals surface area contributed by atoms with Gasteiger partial charge in [0, 0.05) is 12.8 Å². The van der Waals surface area contributed by atoms with Gasteiger partial charge in [-0.15, -0.1) is 0 Å². The third kappa shape index (κ3) is 3.20. The molecule has 5 nitrogen and oxygen atoms in total. The topological polar surface area (TPSA) is 67.8 Å². The summed E-state index contributed by atoms with van der Waals surface area (Å²) < 4.78 is 28.0. The molecule has 0 radical (unpaired) electrons. The van der Waals surface area contributed by atoms with Crippen LogP contribution >= 0.6 is 0 Å². The van der Waals surface area contributed by atoms with Gasteiger partial charge in [0.25, 0.3) is 0 Å². The number of hydrogen-bond donors (Lipinski definition) is 1. The minimum atomic E-state index is -3.14. The molecule has 17 heavy (non-hydrogen) atoms. The molecule has 0 saturated heterocycles. The van der Waals surface area contributed by atoms with Gasteiger partial charge < -0.3 is 10.1 Å². The van der Waals surface area contributed by atoms with Gasteiger partial charge in [-0.2, -0.15) is 0 Å². The number of benzene rings is 1. The monoisotopic (exact) mass is 254 g/mol. The van der Waals surface area contributed by atoms with Gasteiger partial charge >= 0.3 is 0 Å². The van der Waals surface area contributed by atoms with Crippen LogP contribution in [0.5, 0.6) is 5.75 Å². The van der Waals surface area contributed by atoms with Crippen LogP contribution in [0.3, 0.4) is 0 Å². The first kappa shape index (κ1) is 11.9. The number of sulfone groups is 1. The number of ether oxygens (including phenoxy) is 1. The van der Waals surface area contributed by atoms with Crippen LogP contribution in [-0.4, -0.2) is 40.2 Å². The summed E-state index contributed by atoms with van der Waals surface area (Å²) >= 11 is 0. The van der Waals surface area contributed by atoms with Gasteiger partial charge in [-0.05, 0) is 24.3 Å². The molecule has 0 bridgehead atoms. The molecule has 1 aliphatic rings. The van der Waals surface area contributed by atoms with Gasteiger partial charge in [-0.25, -0.2) is 8.42 Å². The van der Waals surface area contributed by atoms with E-state index in [1.165, 1.54) is 18.4 Å². The lowest BCUT2D eigenvalue weighted by Gasteiger charge is -2.07. The maximum absolute atomic E-state index is 11.2. The lowest BCUT2D eigenvalue weighted by molar-refractivity contribution is 0.373. The summed E-state index contributed by atoms with van der Waals surface area (Å²) in [7, 11) is -3.14. The van der Waals surface area contributed by atoms with E-state index >= 15 is 0 Å². The highest BCUT2D eigenvalue weighted by molar-refractivity contribution is 7.90. The van der Waals surface area contributed by atoms with Crippen LogP contribution in [0, 0.1) is 0 Å². The van der Waals surface area contributed by atoms with Crippen LogP contribution in [0.2, 0.25) is 0 Å². The van der Waals surface area contributed by atoms with Crippen molar-refractivity contribution in [3.8, 4) is 5.75 Å². The Labute approximate surface area is 100 Å². The summed E-state index contributed by atoms with van der Waals surface area (Å²) in [6.45, 7) is 2.02. The zero-order chi connectivity index (χ0) is 12.3. The number of nitrogens with zero attached hydrogens (tertiary/aromatic N) is 1. The van der Waals surface area contributed by atoms with Crippen molar-refractivity contribution in [2.45, 2.75) is 4.90 Å². The molecule has 0 atom stereocenters. The second-order valence-corrected chi connectivity index (χ2v) is 5.80. The van der Waals surface area contributed by atoms with E-state index in [0.717, 1.165) is 18.9 Å². The van der Waals surface area contributed by atoms with Gasteiger partial charge in [0.2, 0.25) is 0 Å². The van der Waals surface area contributed by atoms with Crippen molar-refractivity contribution in [3.05, 3.63) is 24.3 Å². The van der Waals surface area contributed by atoms with Crippen molar-refractivity contribution in [3.63, 3.8) is 0 Å². The summed E-state index contributed by atoms with van der Waals surface area (Å²) in [5.74, 6) is 1.46. The van der Waals surface area contributed by atoms with Crippen molar-refractivity contribution in [1.29, 1.82) is 0 Å². The van der Waals surface area contributed by atoms with Crippen molar-refractivity contribution in [1.82, 2.24) is 5.32 Å². The first-order chi connectivity index (χ1) is 8.05. The number of rotatable bonds is 4. The van der Waals surface area contributed by atoms with E-state index in [-0.39, 0.29) is 0 Å². The quantitative estimate of drug-likeness (QED) is 0.848. The van der Waals surface area contributed by atoms with Crippen LogP contribution in [0.15, 0.2) is 34.2 Å². The minimum absolute atomic E-state index is 0.293. The molecular formula is C11H14N2O3S. The lowest BCUT2D eigenvalue weighted by atomic mass is 10.3. The Morgan fingerprint density at radius 3 is 2.59 bits per heavy atom. The summed E-state index contributed by atoms with van der Waals surface area (Å²) in [4.78, 5) is 4.48. The highest BCUT2D eigenvalue weighted by atomic mass is 32.2. The highest BCUT2D eigenvalue weighted by Crippen LogP contribution is 2.15. The number of nitrogens with one attached hydrogen (secondary N) is 1. The zero-order valence-electron chi connectivity index (χ0n) is 9.51. The van der Waals surface area contributed by atoms with E-state index in [2.05, 4.69) is 10.3 Å². The van der Waals surface area contributed by atoms with Crippen LogP contribution in [-0.2, 0) is 9.84 Å². The maximum atomic E-state index is 11.2. The predicted octanol–water partition coefficient (Wildman–Crippen LogP) is 0.471. The Morgan fingerprint density at radius 1 is 1.35 bits per heavy atom. The minimum Gasteiger partial charge on any atom is -0.486 e. The molecule has 0 fully saturated rings. The third-order valence-electron chi connectivity index (χ3n) is 2.37. The fourth-order valence-corrected chi connectivity index (χ4v) is 2.11. The number of aliphatic imine (C=N–C) groups is 1. The van der Waals surface area contributed by atoms with Crippen LogP contribution in [0.25, 0.3) is 0 Å². The van der Waals surface area contributed by atoms with Gasteiger partial charge in [0.15, 0.2) is 9.84 Å². The fourth-order valence-electron chi connectivity index (χ4n) is 1.48. The van der Waals surface area contributed by atoms with E-state index in [0.29, 0.717) is 17.3 Å².